The summed E-state index contributed by atoms with van der Waals surface area (Å²) in [5.41, 5.74) is 6.39. The Labute approximate surface area is 88.9 Å². The minimum atomic E-state index is -0.0828. The van der Waals surface area contributed by atoms with Crippen LogP contribution in [0.15, 0.2) is 4.79 Å². The minimum Gasteiger partial charge on any atom is -0.383 e. The van der Waals surface area contributed by atoms with Crippen LogP contribution in [-0.2, 0) is 5.41 Å². The number of hydrogen-bond acceptors (Lipinski definition) is 3. The molecule has 0 radical (unpaired) electrons. The summed E-state index contributed by atoms with van der Waals surface area (Å²) in [6, 6.07) is 0. The Bertz CT molecular complexity index is 444. The fourth-order valence-electron chi connectivity index (χ4n) is 1.77. The smallest absolute Gasteiger partial charge is 0.256 e. The fraction of sp³-hybridized carbons (Fsp3) is 0.636. The van der Waals surface area contributed by atoms with Crippen molar-refractivity contribution in [3.63, 3.8) is 0 Å². The first-order valence-electron chi connectivity index (χ1n) is 5.34. The van der Waals surface area contributed by atoms with E-state index in [9.17, 15) is 4.79 Å². The second-order valence-corrected chi connectivity index (χ2v) is 4.93. The van der Waals surface area contributed by atoms with Gasteiger partial charge in [-0.1, -0.05) is 20.8 Å². The Kier molecular flexibility index (Phi) is 2.10. The Morgan fingerprint density at radius 1 is 1.47 bits per heavy atom. The molecule has 1 aliphatic carbocycles. The summed E-state index contributed by atoms with van der Waals surface area (Å²) in [6.07, 6.45) is 2.16. The summed E-state index contributed by atoms with van der Waals surface area (Å²) < 4.78 is 0. The number of nitrogens with two attached hydrogens (primary N) is 1. The van der Waals surface area contributed by atoms with Crippen LogP contribution in [0.25, 0.3) is 0 Å². The molecular formula is C11H17N3O. The summed E-state index contributed by atoms with van der Waals surface area (Å²) in [5.74, 6) is 1.24. The second-order valence-electron chi connectivity index (χ2n) is 4.93. The van der Waals surface area contributed by atoms with Gasteiger partial charge < -0.3 is 10.7 Å². The number of nitrogens with one attached hydrogen (secondary N) is 1. The van der Waals surface area contributed by atoms with Crippen LogP contribution in [0.1, 0.15) is 50.9 Å². The standard InChI is InChI=1S/C11H17N3O/c1-6(2)7-8(12)13-10(14-9(7)15)11(3)4-5-11/h6H,4-5H2,1-3H3,(H3,12,13,14,15). The average molecular weight is 207 g/mol. The molecule has 1 aromatic rings. The molecule has 0 spiro atoms. The molecule has 1 aliphatic rings. The predicted octanol–water partition coefficient (Wildman–Crippen LogP) is 1.53. The molecule has 2 rings (SSSR count). The highest BCUT2D eigenvalue weighted by molar-refractivity contribution is 5.41. The van der Waals surface area contributed by atoms with E-state index in [0.29, 0.717) is 11.4 Å². The van der Waals surface area contributed by atoms with E-state index < -0.39 is 0 Å². The SMILES string of the molecule is CC(C)c1c(N)nc(C2(C)CC2)[nH]c1=O. The van der Waals surface area contributed by atoms with E-state index in [1.165, 1.54) is 0 Å². The molecule has 0 unspecified atom stereocenters. The van der Waals surface area contributed by atoms with E-state index in [-0.39, 0.29) is 16.9 Å². The molecule has 1 aromatic heterocycles. The number of hydrogen-bond donors (Lipinski definition) is 2. The van der Waals surface area contributed by atoms with Gasteiger partial charge in [-0.3, -0.25) is 4.79 Å². The number of aromatic amines is 1. The first-order valence-corrected chi connectivity index (χ1v) is 5.34. The van der Waals surface area contributed by atoms with Crippen molar-refractivity contribution in [3.8, 4) is 0 Å². The highest BCUT2D eigenvalue weighted by Gasteiger charge is 2.42. The lowest BCUT2D eigenvalue weighted by atomic mass is 10.0. The van der Waals surface area contributed by atoms with Gasteiger partial charge in [0.05, 0.1) is 5.56 Å². The van der Waals surface area contributed by atoms with Gasteiger partial charge in [0.1, 0.15) is 11.6 Å². The maximum Gasteiger partial charge on any atom is 0.256 e. The topological polar surface area (TPSA) is 71.8 Å². The zero-order chi connectivity index (χ0) is 11.2. The summed E-state index contributed by atoms with van der Waals surface area (Å²) in [4.78, 5) is 19.0. The van der Waals surface area contributed by atoms with E-state index in [4.69, 9.17) is 5.73 Å². The van der Waals surface area contributed by atoms with Crippen LogP contribution in [-0.4, -0.2) is 9.97 Å². The number of nitrogen functional groups attached to an aromatic ring is 1. The lowest BCUT2D eigenvalue weighted by Gasteiger charge is -2.12. The molecule has 0 aliphatic heterocycles. The van der Waals surface area contributed by atoms with Crippen LogP contribution >= 0.6 is 0 Å². The molecular weight excluding hydrogens is 190 g/mol. The third-order valence-corrected chi connectivity index (χ3v) is 3.13. The van der Waals surface area contributed by atoms with Gasteiger partial charge >= 0.3 is 0 Å². The molecule has 3 N–H and O–H groups in total. The molecule has 4 nitrogen and oxygen atoms in total. The van der Waals surface area contributed by atoms with Gasteiger partial charge in [0.15, 0.2) is 0 Å². The quantitative estimate of drug-likeness (QED) is 0.772. The van der Waals surface area contributed by atoms with Gasteiger partial charge in [-0.2, -0.15) is 0 Å². The Hall–Kier alpha value is -1.32. The van der Waals surface area contributed by atoms with Crippen molar-refractivity contribution in [2.45, 2.75) is 44.9 Å². The Balaban J connectivity index is 2.53. The summed E-state index contributed by atoms with van der Waals surface area (Å²) in [7, 11) is 0. The van der Waals surface area contributed by atoms with E-state index in [2.05, 4.69) is 16.9 Å². The molecule has 0 saturated heterocycles. The Morgan fingerprint density at radius 2 is 2.07 bits per heavy atom. The minimum absolute atomic E-state index is 0.0583. The Morgan fingerprint density at radius 3 is 2.47 bits per heavy atom. The maximum atomic E-state index is 11.8. The highest BCUT2D eigenvalue weighted by atomic mass is 16.1. The summed E-state index contributed by atoms with van der Waals surface area (Å²) in [5, 5.41) is 0. The van der Waals surface area contributed by atoms with Crippen LogP contribution in [0.2, 0.25) is 0 Å². The molecule has 15 heavy (non-hydrogen) atoms. The van der Waals surface area contributed by atoms with Gasteiger partial charge in [0.25, 0.3) is 5.56 Å². The van der Waals surface area contributed by atoms with E-state index in [0.717, 1.165) is 18.7 Å². The third kappa shape index (κ3) is 1.64. The van der Waals surface area contributed by atoms with Crippen LogP contribution in [0.5, 0.6) is 0 Å². The van der Waals surface area contributed by atoms with Gasteiger partial charge in [0.2, 0.25) is 0 Å². The molecule has 0 bridgehead atoms. The molecule has 4 heteroatoms. The van der Waals surface area contributed by atoms with Crippen molar-refractivity contribution in [1.82, 2.24) is 9.97 Å². The van der Waals surface area contributed by atoms with Crippen LogP contribution < -0.4 is 11.3 Å². The number of aromatic nitrogens is 2. The average Bonchev–Trinajstić information content (AvgIpc) is 2.82. The molecule has 0 aromatic carbocycles. The fourth-order valence-corrected chi connectivity index (χ4v) is 1.77. The lowest BCUT2D eigenvalue weighted by Crippen LogP contribution is -2.23. The van der Waals surface area contributed by atoms with Crippen LogP contribution in [0.3, 0.4) is 0 Å². The number of nitrogens with zero attached hydrogens (tertiary/aromatic N) is 1. The highest BCUT2D eigenvalue weighted by Crippen LogP contribution is 2.45. The zero-order valence-electron chi connectivity index (χ0n) is 9.42. The molecule has 1 saturated carbocycles. The van der Waals surface area contributed by atoms with Crippen molar-refractivity contribution >= 4 is 5.82 Å². The van der Waals surface area contributed by atoms with Crippen LogP contribution in [0, 0.1) is 0 Å². The number of anilines is 1. The molecule has 82 valence electrons. The monoisotopic (exact) mass is 207 g/mol. The predicted molar refractivity (Wildman–Crippen MR) is 59.9 cm³/mol. The third-order valence-electron chi connectivity index (χ3n) is 3.13. The van der Waals surface area contributed by atoms with Crippen molar-refractivity contribution in [2.75, 3.05) is 5.73 Å². The second kappa shape index (κ2) is 3.08. The van der Waals surface area contributed by atoms with Crippen molar-refractivity contribution in [3.05, 3.63) is 21.7 Å². The normalized spacial score (nSPS) is 18.1. The maximum absolute atomic E-state index is 11.8. The first-order chi connectivity index (χ1) is 6.94. The molecule has 1 fully saturated rings. The van der Waals surface area contributed by atoms with E-state index in [1.807, 2.05) is 13.8 Å². The van der Waals surface area contributed by atoms with Gasteiger partial charge in [-0.05, 0) is 18.8 Å². The number of H-pyrrole nitrogens is 1. The molecule has 0 amide bonds. The summed E-state index contributed by atoms with van der Waals surface area (Å²) in [6.45, 7) is 5.99. The zero-order valence-corrected chi connectivity index (χ0v) is 9.42. The van der Waals surface area contributed by atoms with E-state index >= 15 is 0 Å². The van der Waals surface area contributed by atoms with Gasteiger partial charge in [-0.25, -0.2) is 4.98 Å². The molecule has 0 atom stereocenters. The van der Waals surface area contributed by atoms with Gasteiger partial charge in [-0.15, -0.1) is 0 Å². The molecule has 1 heterocycles. The largest absolute Gasteiger partial charge is 0.383 e. The van der Waals surface area contributed by atoms with E-state index in [1.54, 1.807) is 0 Å². The van der Waals surface area contributed by atoms with Crippen molar-refractivity contribution in [2.24, 2.45) is 0 Å². The number of rotatable bonds is 2. The van der Waals surface area contributed by atoms with Gasteiger partial charge in [0, 0.05) is 5.41 Å². The first kappa shape index (κ1) is 10.2. The lowest BCUT2D eigenvalue weighted by molar-refractivity contribution is 0.693. The summed E-state index contributed by atoms with van der Waals surface area (Å²) >= 11 is 0. The van der Waals surface area contributed by atoms with Crippen molar-refractivity contribution < 1.29 is 0 Å². The van der Waals surface area contributed by atoms with Crippen LogP contribution in [0.4, 0.5) is 5.82 Å². The van der Waals surface area contributed by atoms with Crippen molar-refractivity contribution in [1.29, 1.82) is 0 Å².